The molecule has 0 saturated carbocycles. The number of rotatable bonds is 2. The molecule has 0 aliphatic rings. The minimum Gasteiger partial charge on any atom is -0.345 e. The van der Waals surface area contributed by atoms with Gasteiger partial charge in [-0.2, -0.15) is 15.4 Å². The van der Waals surface area contributed by atoms with Gasteiger partial charge in [-0.05, 0) is 12.1 Å². The fourth-order valence-electron chi connectivity index (χ4n) is 1.53. The summed E-state index contributed by atoms with van der Waals surface area (Å²) in [7, 11) is 0. The van der Waals surface area contributed by atoms with Crippen molar-refractivity contribution >= 4 is 0 Å². The Morgan fingerprint density at radius 3 is 2.88 bits per heavy atom. The second-order valence-electron chi connectivity index (χ2n) is 3.19. The minimum atomic E-state index is 0.701. The Morgan fingerprint density at radius 1 is 1.12 bits per heavy atom. The van der Waals surface area contributed by atoms with Gasteiger partial charge in [-0.3, -0.25) is 4.98 Å². The van der Waals surface area contributed by atoms with E-state index in [1.54, 1.807) is 24.8 Å². The fraction of sp³-hybridized carbons (Fsp3) is 0. The van der Waals surface area contributed by atoms with Gasteiger partial charge >= 0.3 is 0 Å². The van der Waals surface area contributed by atoms with Crippen molar-refractivity contribution in [1.29, 1.82) is 0 Å². The van der Waals surface area contributed by atoms with Gasteiger partial charge in [0.15, 0.2) is 0 Å². The van der Waals surface area contributed by atoms with Crippen LogP contribution < -0.4 is 0 Å². The number of nitrogens with one attached hydrogen (secondary N) is 2. The summed E-state index contributed by atoms with van der Waals surface area (Å²) in [6.07, 6.45) is 6.83. The molecular weight excluding hydrogens is 204 g/mol. The summed E-state index contributed by atoms with van der Waals surface area (Å²) in [5, 5.41) is 10.4. The average Bonchev–Trinajstić information content (AvgIpc) is 3.03. The van der Waals surface area contributed by atoms with Gasteiger partial charge in [0.1, 0.15) is 17.2 Å². The number of hydrogen-bond acceptors (Lipinski definition) is 4. The Kier molecular flexibility index (Phi) is 1.96. The van der Waals surface area contributed by atoms with Crippen LogP contribution in [0.2, 0.25) is 0 Å². The summed E-state index contributed by atoms with van der Waals surface area (Å²) in [6.45, 7) is 0. The predicted octanol–water partition coefficient (Wildman–Crippen LogP) is 1.26. The number of H-pyrrole nitrogens is 2. The number of hydrogen-bond donors (Lipinski definition) is 2. The third kappa shape index (κ3) is 1.36. The Balaban J connectivity index is 2.19. The topological polar surface area (TPSA) is 83.1 Å². The number of aromatic nitrogens is 6. The maximum atomic E-state index is 4.29. The highest BCUT2D eigenvalue weighted by Gasteiger charge is 2.11. The number of aromatic amines is 2. The van der Waals surface area contributed by atoms with Crippen molar-refractivity contribution in [2.75, 3.05) is 0 Å². The molecular formula is C10H8N6. The third-order valence-electron chi connectivity index (χ3n) is 2.22. The first-order chi connectivity index (χ1) is 7.95. The Bertz CT molecular complexity index is 516. The highest BCUT2D eigenvalue weighted by Crippen LogP contribution is 2.25. The van der Waals surface area contributed by atoms with E-state index in [0.29, 0.717) is 5.69 Å². The SMILES string of the molecule is c1cnc(-c2cn[nH]n2)c(-c2ncc[nH]2)c1. The van der Waals surface area contributed by atoms with Gasteiger partial charge in [-0.15, -0.1) is 0 Å². The zero-order valence-corrected chi connectivity index (χ0v) is 8.25. The van der Waals surface area contributed by atoms with Gasteiger partial charge in [0.25, 0.3) is 0 Å². The second-order valence-corrected chi connectivity index (χ2v) is 3.19. The molecule has 2 N–H and O–H groups in total. The van der Waals surface area contributed by atoms with Crippen LogP contribution in [0.1, 0.15) is 0 Å². The second kappa shape index (κ2) is 3.58. The molecule has 0 radical (unpaired) electrons. The largest absolute Gasteiger partial charge is 0.345 e. The van der Waals surface area contributed by atoms with E-state index < -0.39 is 0 Å². The minimum absolute atomic E-state index is 0.701. The molecule has 78 valence electrons. The number of imidazole rings is 1. The van der Waals surface area contributed by atoms with E-state index in [1.807, 2.05) is 12.1 Å². The molecule has 0 unspecified atom stereocenters. The summed E-state index contributed by atoms with van der Waals surface area (Å²) in [5.41, 5.74) is 2.36. The third-order valence-corrected chi connectivity index (χ3v) is 2.22. The van der Waals surface area contributed by atoms with Gasteiger partial charge in [0.2, 0.25) is 0 Å². The maximum absolute atomic E-state index is 4.29. The number of nitrogens with zero attached hydrogens (tertiary/aromatic N) is 4. The van der Waals surface area contributed by atoms with Crippen LogP contribution >= 0.6 is 0 Å². The van der Waals surface area contributed by atoms with Crippen molar-refractivity contribution in [1.82, 2.24) is 30.4 Å². The molecule has 3 aromatic heterocycles. The van der Waals surface area contributed by atoms with Crippen LogP contribution in [0, 0.1) is 0 Å². The van der Waals surface area contributed by atoms with Crippen LogP contribution in [0.4, 0.5) is 0 Å². The molecule has 0 spiro atoms. The first-order valence-electron chi connectivity index (χ1n) is 4.76. The maximum Gasteiger partial charge on any atom is 0.139 e. The molecule has 0 aromatic carbocycles. The van der Waals surface area contributed by atoms with E-state index in [4.69, 9.17) is 0 Å². The van der Waals surface area contributed by atoms with Gasteiger partial charge in [-0.1, -0.05) is 0 Å². The molecule has 16 heavy (non-hydrogen) atoms. The standard InChI is InChI=1S/C10H8N6/c1-2-7(10-12-4-5-13-10)9(11-3-1)8-6-14-16-15-8/h1-6H,(H,12,13)(H,14,15,16). The lowest BCUT2D eigenvalue weighted by Gasteiger charge is -2.02. The molecule has 0 fully saturated rings. The smallest absolute Gasteiger partial charge is 0.139 e. The van der Waals surface area contributed by atoms with Gasteiger partial charge in [0.05, 0.1) is 6.20 Å². The lowest BCUT2D eigenvalue weighted by Crippen LogP contribution is -1.90. The van der Waals surface area contributed by atoms with Gasteiger partial charge < -0.3 is 4.98 Å². The van der Waals surface area contributed by atoms with E-state index >= 15 is 0 Å². The molecule has 0 aliphatic heterocycles. The van der Waals surface area contributed by atoms with Crippen LogP contribution in [0.3, 0.4) is 0 Å². The van der Waals surface area contributed by atoms with E-state index in [-0.39, 0.29) is 0 Å². The highest BCUT2D eigenvalue weighted by atomic mass is 15.3. The van der Waals surface area contributed by atoms with Crippen molar-refractivity contribution < 1.29 is 0 Å². The molecule has 0 bridgehead atoms. The lowest BCUT2D eigenvalue weighted by atomic mass is 10.1. The summed E-state index contributed by atoms with van der Waals surface area (Å²) in [6, 6.07) is 3.80. The lowest BCUT2D eigenvalue weighted by molar-refractivity contribution is 0.941. The van der Waals surface area contributed by atoms with Crippen molar-refractivity contribution in [2.45, 2.75) is 0 Å². The van der Waals surface area contributed by atoms with Crippen LogP contribution in [0.15, 0.2) is 36.9 Å². The van der Waals surface area contributed by atoms with Crippen molar-refractivity contribution in [2.24, 2.45) is 0 Å². The van der Waals surface area contributed by atoms with Gasteiger partial charge in [0, 0.05) is 24.2 Å². The molecule has 6 heteroatoms. The quantitative estimate of drug-likeness (QED) is 0.669. The first-order valence-corrected chi connectivity index (χ1v) is 4.76. The van der Waals surface area contributed by atoms with Crippen LogP contribution in [0.25, 0.3) is 22.8 Å². The fourth-order valence-corrected chi connectivity index (χ4v) is 1.53. The zero-order valence-electron chi connectivity index (χ0n) is 8.25. The normalized spacial score (nSPS) is 10.5. The Hall–Kier alpha value is -2.50. The Morgan fingerprint density at radius 2 is 2.12 bits per heavy atom. The Labute approximate surface area is 90.8 Å². The van der Waals surface area contributed by atoms with E-state index in [9.17, 15) is 0 Å². The van der Waals surface area contributed by atoms with E-state index in [2.05, 4.69) is 30.4 Å². The van der Waals surface area contributed by atoms with Crippen molar-refractivity contribution in [3.05, 3.63) is 36.9 Å². The van der Waals surface area contributed by atoms with Crippen molar-refractivity contribution in [3.63, 3.8) is 0 Å². The zero-order chi connectivity index (χ0) is 10.8. The molecule has 3 heterocycles. The molecule has 0 aliphatic carbocycles. The molecule has 0 amide bonds. The summed E-state index contributed by atoms with van der Waals surface area (Å²) >= 11 is 0. The van der Waals surface area contributed by atoms with E-state index in [0.717, 1.165) is 17.1 Å². The summed E-state index contributed by atoms with van der Waals surface area (Å²) < 4.78 is 0. The molecule has 6 nitrogen and oxygen atoms in total. The van der Waals surface area contributed by atoms with Crippen molar-refractivity contribution in [3.8, 4) is 22.8 Å². The highest BCUT2D eigenvalue weighted by molar-refractivity contribution is 5.74. The first kappa shape index (κ1) is 8.78. The molecule has 0 saturated heterocycles. The molecule has 0 atom stereocenters. The van der Waals surface area contributed by atoms with E-state index in [1.165, 1.54) is 0 Å². The molecule has 3 rings (SSSR count). The monoisotopic (exact) mass is 212 g/mol. The predicted molar refractivity (Wildman–Crippen MR) is 57.2 cm³/mol. The van der Waals surface area contributed by atoms with Gasteiger partial charge in [-0.25, -0.2) is 4.98 Å². The molecule has 3 aromatic rings. The van der Waals surface area contributed by atoms with Crippen LogP contribution in [-0.4, -0.2) is 30.4 Å². The average molecular weight is 212 g/mol. The summed E-state index contributed by atoms with van der Waals surface area (Å²) in [4.78, 5) is 11.5. The van der Waals surface area contributed by atoms with Crippen LogP contribution in [0.5, 0.6) is 0 Å². The number of pyridine rings is 1. The summed E-state index contributed by atoms with van der Waals surface area (Å²) in [5.74, 6) is 0.770. The van der Waals surface area contributed by atoms with Crippen LogP contribution in [-0.2, 0) is 0 Å².